The number of anilines is 1. The van der Waals surface area contributed by atoms with E-state index < -0.39 is 6.04 Å². The summed E-state index contributed by atoms with van der Waals surface area (Å²) in [6.45, 7) is 2.55. The van der Waals surface area contributed by atoms with Gasteiger partial charge in [-0.2, -0.15) is 0 Å². The molecular formula is C21H27Cl2FN4O2. The Hall–Kier alpha value is -2.19. The van der Waals surface area contributed by atoms with E-state index in [4.69, 9.17) is 5.73 Å². The van der Waals surface area contributed by atoms with Gasteiger partial charge in [-0.1, -0.05) is 30.3 Å². The van der Waals surface area contributed by atoms with E-state index in [9.17, 15) is 14.0 Å². The summed E-state index contributed by atoms with van der Waals surface area (Å²) in [7, 11) is 0. The Kier molecular flexibility index (Phi) is 10.8. The standard InChI is InChI=1S/C21H25FN4O2.2ClH/c22-17-6-8-18(9-7-17)24-20(27)15-25-10-12-26(13-11-25)21(28)19(23)14-16-4-2-1-3-5-16;;/h1-9,19H,10-15,23H2,(H,24,27);2*1H. The van der Waals surface area contributed by atoms with Crippen LogP contribution >= 0.6 is 24.8 Å². The predicted octanol–water partition coefficient (Wildman–Crippen LogP) is 2.32. The highest BCUT2D eigenvalue weighted by atomic mass is 35.5. The molecule has 9 heteroatoms. The minimum Gasteiger partial charge on any atom is -0.339 e. The lowest BCUT2D eigenvalue weighted by atomic mass is 10.1. The van der Waals surface area contributed by atoms with Gasteiger partial charge in [-0.3, -0.25) is 14.5 Å². The minimum atomic E-state index is -0.560. The summed E-state index contributed by atoms with van der Waals surface area (Å²) in [5.74, 6) is -0.560. The molecule has 1 saturated heterocycles. The van der Waals surface area contributed by atoms with Gasteiger partial charge < -0.3 is 16.0 Å². The van der Waals surface area contributed by atoms with Gasteiger partial charge >= 0.3 is 0 Å². The first-order valence-electron chi connectivity index (χ1n) is 9.37. The van der Waals surface area contributed by atoms with E-state index in [1.54, 1.807) is 4.90 Å². The zero-order chi connectivity index (χ0) is 19.9. The number of rotatable bonds is 6. The van der Waals surface area contributed by atoms with Crippen LogP contribution in [0.5, 0.6) is 0 Å². The summed E-state index contributed by atoms with van der Waals surface area (Å²) in [5, 5.41) is 2.75. The average Bonchev–Trinajstić information content (AvgIpc) is 2.70. The molecule has 0 aromatic heterocycles. The normalized spacial score (nSPS) is 14.8. The number of carbonyl (C=O) groups excluding carboxylic acids is 2. The summed E-state index contributed by atoms with van der Waals surface area (Å²) in [6, 6.07) is 14.8. The molecule has 1 aliphatic rings. The van der Waals surface area contributed by atoms with Gasteiger partial charge in [0.15, 0.2) is 0 Å². The highest BCUT2D eigenvalue weighted by Gasteiger charge is 2.26. The van der Waals surface area contributed by atoms with Crippen LogP contribution in [0.3, 0.4) is 0 Å². The van der Waals surface area contributed by atoms with Crippen molar-refractivity contribution >= 4 is 42.3 Å². The Balaban J connectivity index is 0.00000225. The van der Waals surface area contributed by atoms with Crippen molar-refractivity contribution in [2.45, 2.75) is 12.5 Å². The van der Waals surface area contributed by atoms with Gasteiger partial charge in [0.05, 0.1) is 12.6 Å². The second-order valence-electron chi connectivity index (χ2n) is 6.95. The number of benzene rings is 2. The van der Waals surface area contributed by atoms with Crippen molar-refractivity contribution in [1.29, 1.82) is 0 Å². The second kappa shape index (κ2) is 12.5. The third kappa shape index (κ3) is 7.57. The average molecular weight is 457 g/mol. The van der Waals surface area contributed by atoms with E-state index >= 15 is 0 Å². The summed E-state index contributed by atoms with van der Waals surface area (Å²) >= 11 is 0. The SMILES string of the molecule is Cl.Cl.NC(Cc1ccccc1)C(=O)N1CCN(CC(=O)Nc2ccc(F)cc2)CC1. The van der Waals surface area contributed by atoms with Crippen molar-refractivity contribution in [3.8, 4) is 0 Å². The lowest BCUT2D eigenvalue weighted by Crippen LogP contribution is -2.54. The highest BCUT2D eigenvalue weighted by Crippen LogP contribution is 2.10. The molecule has 0 radical (unpaired) electrons. The van der Waals surface area contributed by atoms with Gasteiger partial charge in [-0.05, 0) is 36.2 Å². The van der Waals surface area contributed by atoms with Crippen LogP contribution in [0.15, 0.2) is 54.6 Å². The Morgan fingerprint density at radius 3 is 2.17 bits per heavy atom. The third-order valence-electron chi connectivity index (χ3n) is 4.79. The maximum Gasteiger partial charge on any atom is 0.239 e. The van der Waals surface area contributed by atoms with Gasteiger partial charge in [0, 0.05) is 31.9 Å². The molecule has 2 aromatic rings. The molecular weight excluding hydrogens is 430 g/mol. The lowest BCUT2D eigenvalue weighted by molar-refractivity contribution is -0.134. The molecule has 0 spiro atoms. The minimum absolute atomic E-state index is 0. The van der Waals surface area contributed by atoms with Gasteiger partial charge in [-0.25, -0.2) is 4.39 Å². The fraction of sp³-hybridized carbons (Fsp3) is 0.333. The molecule has 0 bridgehead atoms. The summed E-state index contributed by atoms with van der Waals surface area (Å²) < 4.78 is 12.9. The van der Waals surface area contributed by atoms with Crippen LogP contribution in [-0.2, 0) is 16.0 Å². The fourth-order valence-corrected chi connectivity index (χ4v) is 3.25. The number of nitrogens with zero attached hydrogens (tertiary/aromatic N) is 2. The molecule has 1 unspecified atom stereocenters. The van der Waals surface area contributed by atoms with Crippen molar-refractivity contribution in [1.82, 2.24) is 9.80 Å². The third-order valence-corrected chi connectivity index (χ3v) is 4.79. The number of piperazine rings is 1. The van der Waals surface area contributed by atoms with E-state index in [2.05, 4.69) is 5.32 Å². The molecule has 1 fully saturated rings. The predicted molar refractivity (Wildman–Crippen MR) is 121 cm³/mol. The van der Waals surface area contributed by atoms with Gasteiger partial charge in [-0.15, -0.1) is 24.8 Å². The van der Waals surface area contributed by atoms with Crippen LogP contribution in [0.25, 0.3) is 0 Å². The highest BCUT2D eigenvalue weighted by molar-refractivity contribution is 5.92. The van der Waals surface area contributed by atoms with E-state index in [1.165, 1.54) is 24.3 Å². The summed E-state index contributed by atoms with van der Waals surface area (Å²) in [6.07, 6.45) is 0.514. The molecule has 1 atom stereocenters. The molecule has 30 heavy (non-hydrogen) atoms. The van der Waals surface area contributed by atoms with Crippen molar-refractivity contribution in [2.75, 3.05) is 38.0 Å². The molecule has 2 aromatic carbocycles. The largest absolute Gasteiger partial charge is 0.339 e. The van der Waals surface area contributed by atoms with Crippen molar-refractivity contribution in [3.63, 3.8) is 0 Å². The smallest absolute Gasteiger partial charge is 0.239 e. The number of hydrogen-bond acceptors (Lipinski definition) is 4. The molecule has 164 valence electrons. The maximum absolute atomic E-state index is 12.9. The molecule has 6 nitrogen and oxygen atoms in total. The van der Waals surface area contributed by atoms with Gasteiger partial charge in [0.25, 0.3) is 0 Å². The summed E-state index contributed by atoms with van der Waals surface area (Å²) in [5.41, 5.74) is 7.70. The monoisotopic (exact) mass is 456 g/mol. The number of amides is 2. The number of carbonyl (C=O) groups is 2. The topological polar surface area (TPSA) is 78.7 Å². The zero-order valence-electron chi connectivity index (χ0n) is 16.5. The fourth-order valence-electron chi connectivity index (χ4n) is 3.25. The molecule has 0 aliphatic carbocycles. The quantitative estimate of drug-likeness (QED) is 0.698. The maximum atomic E-state index is 12.9. The second-order valence-corrected chi connectivity index (χ2v) is 6.95. The number of nitrogens with two attached hydrogens (primary N) is 1. The van der Waals surface area contributed by atoms with Gasteiger partial charge in [0.1, 0.15) is 5.82 Å². The van der Waals surface area contributed by atoms with Crippen LogP contribution in [0, 0.1) is 5.82 Å². The van der Waals surface area contributed by atoms with E-state index in [0.717, 1.165) is 5.56 Å². The van der Waals surface area contributed by atoms with Crippen molar-refractivity contribution in [3.05, 3.63) is 66.0 Å². The van der Waals surface area contributed by atoms with Gasteiger partial charge in [0.2, 0.25) is 11.8 Å². The first-order valence-corrected chi connectivity index (χ1v) is 9.37. The molecule has 1 aliphatic heterocycles. The first kappa shape index (κ1) is 25.8. The molecule has 1 heterocycles. The van der Waals surface area contributed by atoms with E-state index in [0.29, 0.717) is 38.3 Å². The van der Waals surface area contributed by atoms with Crippen LogP contribution in [-0.4, -0.2) is 60.4 Å². The lowest BCUT2D eigenvalue weighted by Gasteiger charge is -2.35. The Morgan fingerprint density at radius 2 is 1.57 bits per heavy atom. The molecule has 3 rings (SSSR count). The van der Waals surface area contributed by atoms with Crippen molar-refractivity contribution < 1.29 is 14.0 Å². The Bertz CT molecular complexity index is 800. The van der Waals surface area contributed by atoms with Crippen LogP contribution in [0.1, 0.15) is 5.56 Å². The number of halogens is 3. The molecule has 2 amide bonds. The summed E-state index contributed by atoms with van der Waals surface area (Å²) in [4.78, 5) is 28.5. The van der Waals surface area contributed by atoms with Crippen molar-refractivity contribution in [2.24, 2.45) is 5.73 Å². The molecule has 0 saturated carbocycles. The zero-order valence-corrected chi connectivity index (χ0v) is 18.1. The Morgan fingerprint density at radius 1 is 0.967 bits per heavy atom. The van der Waals surface area contributed by atoms with Crippen LogP contribution < -0.4 is 11.1 Å². The Labute approximate surface area is 188 Å². The first-order chi connectivity index (χ1) is 13.5. The number of nitrogens with one attached hydrogen (secondary N) is 1. The van der Waals surface area contributed by atoms with Crippen LogP contribution in [0.2, 0.25) is 0 Å². The number of hydrogen-bond donors (Lipinski definition) is 2. The van der Waals surface area contributed by atoms with E-state index in [-0.39, 0.29) is 49.0 Å². The molecule has 3 N–H and O–H groups in total. The van der Waals surface area contributed by atoms with Crippen LogP contribution in [0.4, 0.5) is 10.1 Å². The van der Waals surface area contributed by atoms with E-state index in [1.807, 2.05) is 35.2 Å².